The highest BCUT2D eigenvalue weighted by atomic mass is 32.1. The summed E-state index contributed by atoms with van der Waals surface area (Å²) in [4.78, 5) is 11.8. The van der Waals surface area contributed by atoms with Crippen molar-refractivity contribution in [1.29, 1.82) is 0 Å². The topological polar surface area (TPSA) is 55.1 Å². The predicted molar refractivity (Wildman–Crippen MR) is 68.3 cm³/mol. The normalized spacial score (nSPS) is 16.5. The molecule has 90 valence electrons. The second kappa shape index (κ2) is 6.01. The van der Waals surface area contributed by atoms with Crippen molar-refractivity contribution in [1.82, 2.24) is 5.32 Å². The second-order valence-electron chi connectivity index (χ2n) is 4.20. The number of rotatable bonds is 5. The maximum Gasteiger partial charge on any atom is 0.237 e. The first-order valence-electron chi connectivity index (χ1n) is 5.64. The number of nitrogens with one attached hydrogen (secondary N) is 1. The van der Waals surface area contributed by atoms with E-state index in [4.69, 9.17) is 5.73 Å². The molecule has 1 aromatic rings. The van der Waals surface area contributed by atoms with Crippen molar-refractivity contribution < 1.29 is 4.79 Å². The minimum absolute atomic E-state index is 0.0360. The van der Waals surface area contributed by atoms with Crippen LogP contribution in [0.4, 0.5) is 0 Å². The molecule has 0 radical (unpaired) electrons. The summed E-state index contributed by atoms with van der Waals surface area (Å²) in [6, 6.07) is 1.64. The van der Waals surface area contributed by atoms with Gasteiger partial charge in [0.1, 0.15) is 0 Å². The Morgan fingerprint density at radius 1 is 1.56 bits per heavy atom. The Morgan fingerprint density at radius 3 is 2.75 bits per heavy atom. The molecule has 0 fully saturated rings. The van der Waals surface area contributed by atoms with Crippen molar-refractivity contribution in [3.63, 3.8) is 0 Å². The van der Waals surface area contributed by atoms with Crippen LogP contribution in [0.5, 0.6) is 0 Å². The fraction of sp³-hybridized carbons (Fsp3) is 0.583. The minimum Gasteiger partial charge on any atom is -0.348 e. The Hall–Kier alpha value is -0.870. The fourth-order valence-electron chi connectivity index (χ4n) is 1.43. The van der Waals surface area contributed by atoms with Gasteiger partial charge in [0.2, 0.25) is 5.91 Å². The summed E-state index contributed by atoms with van der Waals surface area (Å²) in [7, 11) is 0. The molecule has 1 heterocycles. The molecule has 3 atom stereocenters. The molecule has 0 saturated carbocycles. The van der Waals surface area contributed by atoms with E-state index >= 15 is 0 Å². The van der Waals surface area contributed by atoms with Crippen molar-refractivity contribution in [2.75, 3.05) is 0 Å². The first-order valence-corrected chi connectivity index (χ1v) is 6.58. The molecule has 1 rings (SSSR count). The van der Waals surface area contributed by atoms with E-state index in [-0.39, 0.29) is 17.9 Å². The first-order chi connectivity index (χ1) is 7.56. The summed E-state index contributed by atoms with van der Waals surface area (Å²) in [6.45, 7) is 6.02. The van der Waals surface area contributed by atoms with Gasteiger partial charge in [-0.1, -0.05) is 20.3 Å². The molecule has 4 heteroatoms. The average Bonchev–Trinajstić information content (AvgIpc) is 2.80. The summed E-state index contributed by atoms with van der Waals surface area (Å²) in [6.07, 6.45) is 0.918. The van der Waals surface area contributed by atoms with Crippen molar-refractivity contribution in [3.05, 3.63) is 22.4 Å². The third kappa shape index (κ3) is 3.32. The lowest BCUT2D eigenvalue weighted by molar-refractivity contribution is -0.124. The van der Waals surface area contributed by atoms with Gasteiger partial charge in [0, 0.05) is 0 Å². The van der Waals surface area contributed by atoms with E-state index in [1.54, 1.807) is 11.3 Å². The van der Waals surface area contributed by atoms with Crippen LogP contribution < -0.4 is 11.1 Å². The Bertz CT molecular complexity index is 324. The number of carbonyl (C=O) groups excluding carboxylic acids is 1. The number of hydrogen-bond donors (Lipinski definition) is 2. The number of hydrogen-bond acceptors (Lipinski definition) is 3. The van der Waals surface area contributed by atoms with E-state index in [0.717, 1.165) is 12.0 Å². The monoisotopic (exact) mass is 240 g/mol. The number of thiophene rings is 1. The molecule has 0 saturated heterocycles. The van der Waals surface area contributed by atoms with Gasteiger partial charge in [0.25, 0.3) is 0 Å². The molecular weight excluding hydrogens is 220 g/mol. The van der Waals surface area contributed by atoms with E-state index in [0.29, 0.717) is 0 Å². The van der Waals surface area contributed by atoms with Crippen molar-refractivity contribution in [3.8, 4) is 0 Å². The van der Waals surface area contributed by atoms with Crippen LogP contribution in [0.25, 0.3) is 0 Å². The molecule has 0 aliphatic carbocycles. The Morgan fingerprint density at radius 2 is 2.25 bits per heavy atom. The molecule has 1 amide bonds. The molecule has 3 nitrogen and oxygen atoms in total. The minimum atomic E-state index is -0.411. The number of nitrogens with two attached hydrogens (primary N) is 1. The smallest absolute Gasteiger partial charge is 0.237 e. The fourth-order valence-corrected chi connectivity index (χ4v) is 2.18. The van der Waals surface area contributed by atoms with Crippen LogP contribution in [0.2, 0.25) is 0 Å². The molecule has 2 unspecified atom stereocenters. The lowest BCUT2D eigenvalue weighted by Crippen LogP contribution is -2.45. The van der Waals surface area contributed by atoms with Gasteiger partial charge in [-0.25, -0.2) is 0 Å². The van der Waals surface area contributed by atoms with Crippen LogP contribution in [-0.2, 0) is 4.79 Å². The van der Waals surface area contributed by atoms with Crippen molar-refractivity contribution in [2.45, 2.75) is 39.3 Å². The zero-order chi connectivity index (χ0) is 12.1. The second-order valence-corrected chi connectivity index (χ2v) is 4.98. The average molecular weight is 240 g/mol. The molecular formula is C12H20N2OS. The van der Waals surface area contributed by atoms with E-state index in [1.807, 2.05) is 37.6 Å². The SMILES string of the molecule is CCC(C)[C@H](N)C(=O)NC(C)c1ccsc1. The molecule has 16 heavy (non-hydrogen) atoms. The summed E-state index contributed by atoms with van der Waals surface area (Å²) in [5.74, 6) is 0.155. The van der Waals surface area contributed by atoms with Crippen LogP contribution in [0.3, 0.4) is 0 Å². The molecule has 3 N–H and O–H groups in total. The van der Waals surface area contributed by atoms with Gasteiger partial charge in [-0.15, -0.1) is 0 Å². The summed E-state index contributed by atoms with van der Waals surface area (Å²) >= 11 is 1.63. The molecule has 0 aromatic carbocycles. The van der Waals surface area contributed by atoms with Gasteiger partial charge in [-0.3, -0.25) is 4.79 Å². The van der Waals surface area contributed by atoms with Crippen molar-refractivity contribution in [2.24, 2.45) is 11.7 Å². The Kier molecular flexibility index (Phi) is 4.96. The highest BCUT2D eigenvalue weighted by Crippen LogP contribution is 2.16. The third-order valence-electron chi connectivity index (χ3n) is 2.96. The van der Waals surface area contributed by atoms with E-state index in [1.165, 1.54) is 0 Å². The van der Waals surface area contributed by atoms with E-state index in [2.05, 4.69) is 5.32 Å². The number of carbonyl (C=O) groups is 1. The molecule has 0 aliphatic heterocycles. The van der Waals surface area contributed by atoms with Gasteiger partial charge in [-0.05, 0) is 35.2 Å². The molecule has 0 bridgehead atoms. The molecule has 0 aliphatic rings. The highest BCUT2D eigenvalue weighted by Gasteiger charge is 2.21. The first kappa shape index (κ1) is 13.2. The zero-order valence-corrected chi connectivity index (χ0v) is 10.9. The van der Waals surface area contributed by atoms with Crippen LogP contribution in [0.15, 0.2) is 16.8 Å². The zero-order valence-electron chi connectivity index (χ0n) is 10.1. The number of amides is 1. The van der Waals surface area contributed by atoms with Gasteiger partial charge < -0.3 is 11.1 Å². The lowest BCUT2D eigenvalue weighted by atomic mass is 9.99. The van der Waals surface area contributed by atoms with Crippen LogP contribution in [-0.4, -0.2) is 11.9 Å². The van der Waals surface area contributed by atoms with E-state index in [9.17, 15) is 4.79 Å². The van der Waals surface area contributed by atoms with Crippen molar-refractivity contribution >= 4 is 17.2 Å². The lowest BCUT2D eigenvalue weighted by Gasteiger charge is -2.20. The van der Waals surface area contributed by atoms with Crippen LogP contribution >= 0.6 is 11.3 Å². The third-order valence-corrected chi connectivity index (χ3v) is 3.66. The predicted octanol–water partition coefficient (Wildman–Crippen LogP) is 2.30. The Balaban J connectivity index is 2.51. The standard InChI is InChI=1S/C12H20N2OS/c1-4-8(2)11(13)12(15)14-9(3)10-5-6-16-7-10/h5-9,11H,4,13H2,1-3H3,(H,14,15)/t8?,9?,11-/m0/s1. The van der Waals surface area contributed by atoms with Crippen LogP contribution in [0, 0.1) is 5.92 Å². The molecule has 0 spiro atoms. The van der Waals surface area contributed by atoms with Gasteiger partial charge >= 0.3 is 0 Å². The molecule has 1 aromatic heterocycles. The largest absolute Gasteiger partial charge is 0.348 e. The quantitative estimate of drug-likeness (QED) is 0.829. The van der Waals surface area contributed by atoms with Gasteiger partial charge in [0.15, 0.2) is 0 Å². The van der Waals surface area contributed by atoms with Gasteiger partial charge in [0.05, 0.1) is 12.1 Å². The summed E-state index contributed by atoms with van der Waals surface area (Å²) in [5.41, 5.74) is 7.00. The summed E-state index contributed by atoms with van der Waals surface area (Å²) < 4.78 is 0. The maximum absolute atomic E-state index is 11.8. The highest BCUT2D eigenvalue weighted by molar-refractivity contribution is 7.07. The maximum atomic E-state index is 11.8. The van der Waals surface area contributed by atoms with Gasteiger partial charge in [-0.2, -0.15) is 11.3 Å². The van der Waals surface area contributed by atoms with Crippen LogP contribution in [0.1, 0.15) is 38.8 Å². The summed E-state index contributed by atoms with van der Waals surface area (Å²) in [5, 5.41) is 6.99. The van der Waals surface area contributed by atoms with E-state index < -0.39 is 6.04 Å². The Labute approximate surface area is 101 Å².